The summed E-state index contributed by atoms with van der Waals surface area (Å²) in [5, 5.41) is 0. The molecule has 2 unspecified atom stereocenters. The quantitative estimate of drug-likeness (QED) is 0.650. The van der Waals surface area contributed by atoms with E-state index in [4.69, 9.17) is 9.47 Å². The molecule has 0 heterocycles. The highest BCUT2D eigenvalue weighted by molar-refractivity contribution is 5.90. The van der Waals surface area contributed by atoms with Crippen LogP contribution in [0.2, 0.25) is 0 Å². The maximum atomic E-state index is 12.5. The second-order valence-electron chi connectivity index (χ2n) is 6.40. The van der Waals surface area contributed by atoms with E-state index in [0.29, 0.717) is 17.5 Å². The van der Waals surface area contributed by atoms with Gasteiger partial charge in [0.2, 0.25) is 0 Å². The van der Waals surface area contributed by atoms with Crippen molar-refractivity contribution in [3.05, 3.63) is 107 Å². The van der Waals surface area contributed by atoms with E-state index < -0.39 is 24.1 Å². The Labute approximate surface area is 157 Å². The van der Waals surface area contributed by atoms with Crippen LogP contribution in [-0.2, 0) is 15.9 Å². The Morgan fingerprint density at radius 3 is 1.81 bits per heavy atom. The average Bonchev–Trinajstić information content (AvgIpc) is 3.06. The lowest BCUT2D eigenvalue weighted by Gasteiger charge is -2.21. The fourth-order valence-corrected chi connectivity index (χ4v) is 3.30. The van der Waals surface area contributed by atoms with Crippen molar-refractivity contribution >= 4 is 11.9 Å². The normalized spacial score (nSPS) is 17.8. The molecule has 0 saturated carbocycles. The molecule has 0 aromatic heterocycles. The third-order valence-electron chi connectivity index (χ3n) is 4.63. The second kappa shape index (κ2) is 7.46. The standard InChI is InChI=1S/C23H18O4/c24-22(16-9-3-1-4-10-16)26-20-15-18-13-7-8-14-19(18)21(20)27-23(25)17-11-5-2-6-12-17/h1-14,20-21H,15H2. The molecule has 3 aromatic carbocycles. The number of benzene rings is 3. The second-order valence-corrected chi connectivity index (χ2v) is 6.40. The van der Waals surface area contributed by atoms with Crippen LogP contribution in [0.4, 0.5) is 0 Å². The van der Waals surface area contributed by atoms with E-state index in [1.165, 1.54) is 0 Å². The van der Waals surface area contributed by atoms with Gasteiger partial charge in [-0.05, 0) is 35.4 Å². The monoisotopic (exact) mass is 358 g/mol. The zero-order valence-electron chi connectivity index (χ0n) is 14.6. The smallest absolute Gasteiger partial charge is 0.338 e. The molecule has 0 spiro atoms. The van der Waals surface area contributed by atoms with Gasteiger partial charge in [-0.2, -0.15) is 0 Å². The highest BCUT2D eigenvalue weighted by Crippen LogP contribution is 2.37. The van der Waals surface area contributed by atoms with Crippen molar-refractivity contribution in [1.82, 2.24) is 0 Å². The molecule has 134 valence electrons. The van der Waals surface area contributed by atoms with Gasteiger partial charge < -0.3 is 9.47 Å². The van der Waals surface area contributed by atoms with Crippen LogP contribution >= 0.6 is 0 Å². The Balaban J connectivity index is 1.57. The number of hydrogen-bond acceptors (Lipinski definition) is 4. The molecule has 0 amide bonds. The number of carbonyl (C=O) groups is 2. The minimum absolute atomic E-state index is 0.422. The topological polar surface area (TPSA) is 52.6 Å². The number of fused-ring (bicyclic) bond motifs is 1. The van der Waals surface area contributed by atoms with E-state index in [-0.39, 0.29) is 0 Å². The molecule has 0 N–H and O–H groups in total. The van der Waals surface area contributed by atoms with Gasteiger partial charge in [0, 0.05) is 6.42 Å². The minimum Gasteiger partial charge on any atom is -0.454 e. The first-order valence-electron chi connectivity index (χ1n) is 8.82. The number of ether oxygens (including phenoxy) is 2. The molecule has 4 nitrogen and oxygen atoms in total. The van der Waals surface area contributed by atoms with Gasteiger partial charge in [0.15, 0.2) is 6.10 Å². The SMILES string of the molecule is O=C(OC1Cc2ccccc2C1OC(=O)c1ccccc1)c1ccccc1. The maximum Gasteiger partial charge on any atom is 0.338 e. The molecule has 3 aromatic rings. The third kappa shape index (κ3) is 3.60. The summed E-state index contributed by atoms with van der Waals surface area (Å²) in [4.78, 5) is 25.0. The Bertz CT molecular complexity index is 950. The molecule has 1 aliphatic carbocycles. The molecule has 1 aliphatic rings. The van der Waals surface area contributed by atoms with Crippen molar-refractivity contribution in [3.8, 4) is 0 Å². The Morgan fingerprint density at radius 1 is 0.667 bits per heavy atom. The molecule has 0 bridgehead atoms. The first-order valence-corrected chi connectivity index (χ1v) is 8.82. The van der Waals surface area contributed by atoms with E-state index in [0.717, 1.165) is 11.1 Å². The lowest BCUT2D eigenvalue weighted by atomic mass is 10.1. The van der Waals surface area contributed by atoms with Crippen LogP contribution in [0.3, 0.4) is 0 Å². The van der Waals surface area contributed by atoms with Crippen LogP contribution in [0, 0.1) is 0 Å². The molecule has 27 heavy (non-hydrogen) atoms. The van der Waals surface area contributed by atoms with Crippen molar-refractivity contribution in [2.45, 2.75) is 18.6 Å². The van der Waals surface area contributed by atoms with Crippen molar-refractivity contribution in [3.63, 3.8) is 0 Å². The Kier molecular flexibility index (Phi) is 4.71. The van der Waals surface area contributed by atoms with Crippen LogP contribution in [0.5, 0.6) is 0 Å². The van der Waals surface area contributed by atoms with Crippen LogP contribution < -0.4 is 0 Å². The predicted molar refractivity (Wildman–Crippen MR) is 100 cm³/mol. The summed E-state index contributed by atoms with van der Waals surface area (Å²) < 4.78 is 11.5. The van der Waals surface area contributed by atoms with Crippen LogP contribution in [0.25, 0.3) is 0 Å². The van der Waals surface area contributed by atoms with Gasteiger partial charge >= 0.3 is 11.9 Å². The first kappa shape index (κ1) is 17.0. The first-order chi connectivity index (χ1) is 13.2. The van der Waals surface area contributed by atoms with Gasteiger partial charge in [-0.15, -0.1) is 0 Å². The number of hydrogen-bond donors (Lipinski definition) is 0. The van der Waals surface area contributed by atoms with E-state index >= 15 is 0 Å². The molecule has 0 saturated heterocycles. The van der Waals surface area contributed by atoms with E-state index in [1.54, 1.807) is 48.5 Å². The summed E-state index contributed by atoms with van der Waals surface area (Å²) in [5.74, 6) is -0.854. The molecule has 0 aliphatic heterocycles. The maximum absolute atomic E-state index is 12.5. The Morgan fingerprint density at radius 2 is 1.19 bits per heavy atom. The zero-order valence-corrected chi connectivity index (χ0v) is 14.6. The van der Waals surface area contributed by atoms with Crippen molar-refractivity contribution in [2.24, 2.45) is 0 Å². The van der Waals surface area contributed by atoms with Crippen LogP contribution in [0.1, 0.15) is 37.9 Å². The Hall–Kier alpha value is -3.40. The van der Waals surface area contributed by atoms with E-state index in [1.807, 2.05) is 36.4 Å². The van der Waals surface area contributed by atoms with E-state index in [9.17, 15) is 9.59 Å². The van der Waals surface area contributed by atoms with Gasteiger partial charge in [-0.3, -0.25) is 0 Å². The number of esters is 2. The lowest BCUT2D eigenvalue weighted by molar-refractivity contribution is -0.0301. The van der Waals surface area contributed by atoms with Crippen molar-refractivity contribution < 1.29 is 19.1 Å². The summed E-state index contributed by atoms with van der Waals surface area (Å²) in [7, 11) is 0. The molecule has 0 radical (unpaired) electrons. The third-order valence-corrected chi connectivity index (χ3v) is 4.63. The summed E-state index contributed by atoms with van der Waals surface area (Å²) in [5.41, 5.74) is 2.85. The molecule has 2 atom stereocenters. The lowest BCUT2D eigenvalue weighted by Crippen LogP contribution is -2.26. The molecular weight excluding hydrogens is 340 g/mol. The van der Waals surface area contributed by atoms with Gasteiger partial charge in [0.25, 0.3) is 0 Å². The highest BCUT2D eigenvalue weighted by Gasteiger charge is 2.38. The van der Waals surface area contributed by atoms with Gasteiger partial charge in [-0.25, -0.2) is 9.59 Å². The molecule has 4 rings (SSSR count). The zero-order chi connectivity index (χ0) is 18.6. The molecule has 4 heteroatoms. The average molecular weight is 358 g/mol. The predicted octanol–water partition coefficient (Wildman–Crippen LogP) is 4.37. The highest BCUT2D eigenvalue weighted by atomic mass is 16.6. The number of carbonyl (C=O) groups excluding carboxylic acids is 2. The van der Waals surface area contributed by atoms with Crippen molar-refractivity contribution in [1.29, 1.82) is 0 Å². The summed E-state index contributed by atoms with van der Waals surface area (Å²) >= 11 is 0. The van der Waals surface area contributed by atoms with Gasteiger partial charge in [-0.1, -0.05) is 60.7 Å². The summed E-state index contributed by atoms with van der Waals surface area (Å²) in [6.07, 6.45) is -0.661. The van der Waals surface area contributed by atoms with Gasteiger partial charge in [0.1, 0.15) is 6.10 Å². The van der Waals surface area contributed by atoms with Crippen molar-refractivity contribution in [2.75, 3.05) is 0 Å². The number of rotatable bonds is 4. The van der Waals surface area contributed by atoms with Gasteiger partial charge in [0.05, 0.1) is 11.1 Å². The fraction of sp³-hybridized carbons (Fsp3) is 0.130. The van der Waals surface area contributed by atoms with E-state index in [2.05, 4.69) is 0 Å². The summed E-state index contributed by atoms with van der Waals surface area (Å²) in [6.45, 7) is 0. The summed E-state index contributed by atoms with van der Waals surface area (Å²) in [6, 6.07) is 25.3. The molecular formula is C23H18O4. The minimum atomic E-state index is -0.624. The molecule has 0 fully saturated rings. The van der Waals surface area contributed by atoms with Crippen LogP contribution in [-0.4, -0.2) is 18.0 Å². The fourth-order valence-electron chi connectivity index (χ4n) is 3.30. The van der Waals surface area contributed by atoms with Crippen LogP contribution in [0.15, 0.2) is 84.9 Å². The largest absolute Gasteiger partial charge is 0.454 e.